The van der Waals surface area contributed by atoms with E-state index in [9.17, 15) is 4.79 Å². The molecule has 12 heavy (non-hydrogen) atoms. The van der Waals surface area contributed by atoms with E-state index in [1.807, 2.05) is 6.07 Å². The lowest BCUT2D eigenvalue weighted by Gasteiger charge is -2.00. The molecule has 0 atom stereocenters. The van der Waals surface area contributed by atoms with Crippen molar-refractivity contribution in [1.29, 1.82) is 0 Å². The second-order valence-electron chi connectivity index (χ2n) is 2.36. The van der Waals surface area contributed by atoms with Crippen LogP contribution in [-0.4, -0.2) is 11.1 Å². The molecule has 0 bridgehead atoms. The van der Waals surface area contributed by atoms with Gasteiger partial charge in [0.1, 0.15) is 4.88 Å². The molecule has 0 unspecified atom stereocenters. The van der Waals surface area contributed by atoms with Crippen molar-refractivity contribution < 1.29 is 9.90 Å². The molecule has 0 aromatic heterocycles. The van der Waals surface area contributed by atoms with Gasteiger partial charge in [-0.25, -0.2) is 4.79 Å². The highest BCUT2D eigenvalue weighted by Gasteiger charge is 2.13. The average molecular weight is 177 g/mol. The summed E-state index contributed by atoms with van der Waals surface area (Å²) >= 11 is 1.24. The molecule has 1 radical (unpaired) electrons. The van der Waals surface area contributed by atoms with E-state index in [1.165, 1.54) is 11.3 Å². The fraction of sp³-hybridized carbons (Fsp3) is 0. The molecule has 1 heterocycles. The Morgan fingerprint density at radius 3 is 3.08 bits per heavy atom. The Morgan fingerprint density at radius 2 is 2.33 bits per heavy atom. The summed E-state index contributed by atoms with van der Waals surface area (Å²) in [5, 5.41) is 10.6. The molecule has 0 saturated carbocycles. The molecule has 3 heteroatoms. The van der Waals surface area contributed by atoms with Crippen molar-refractivity contribution >= 4 is 17.3 Å². The first-order chi connectivity index (χ1) is 5.79. The molecule has 2 aliphatic rings. The normalized spacial score (nSPS) is 10.3. The highest BCUT2D eigenvalue weighted by molar-refractivity contribution is 7.12. The Labute approximate surface area is 73.4 Å². The molecule has 0 amide bonds. The van der Waals surface area contributed by atoms with Gasteiger partial charge in [0.25, 0.3) is 0 Å². The van der Waals surface area contributed by atoms with Crippen molar-refractivity contribution in [1.82, 2.24) is 0 Å². The van der Waals surface area contributed by atoms with Gasteiger partial charge in [-0.15, -0.1) is 11.3 Å². The van der Waals surface area contributed by atoms with Gasteiger partial charge in [0.05, 0.1) is 0 Å². The van der Waals surface area contributed by atoms with Gasteiger partial charge in [0, 0.05) is 5.56 Å². The van der Waals surface area contributed by atoms with Crippen LogP contribution in [0.5, 0.6) is 0 Å². The van der Waals surface area contributed by atoms with Gasteiger partial charge in [-0.3, -0.25) is 0 Å². The fourth-order valence-corrected chi connectivity index (χ4v) is 1.86. The molecule has 0 spiro atoms. The number of rotatable bonds is 1. The third-order valence-electron chi connectivity index (χ3n) is 1.64. The number of carbonyl (C=O) groups is 1. The van der Waals surface area contributed by atoms with Crippen LogP contribution in [-0.2, 0) is 0 Å². The minimum Gasteiger partial charge on any atom is -0.477 e. The van der Waals surface area contributed by atoms with Gasteiger partial charge < -0.3 is 5.11 Å². The Hall–Kier alpha value is -1.35. The van der Waals surface area contributed by atoms with Gasteiger partial charge in [-0.1, -0.05) is 12.1 Å². The average Bonchev–Trinajstić information content (AvgIpc) is 2.49. The third kappa shape index (κ3) is 0.987. The molecule has 0 aromatic carbocycles. The van der Waals surface area contributed by atoms with Gasteiger partial charge >= 0.3 is 5.97 Å². The van der Waals surface area contributed by atoms with Crippen LogP contribution >= 0.6 is 11.3 Å². The van der Waals surface area contributed by atoms with Crippen molar-refractivity contribution in [3.63, 3.8) is 0 Å². The van der Waals surface area contributed by atoms with Gasteiger partial charge in [-0.2, -0.15) is 0 Å². The Bertz CT molecular complexity index is 392. The van der Waals surface area contributed by atoms with Crippen molar-refractivity contribution in [2.75, 3.05) is 0 Å². The van der Waals surface area contributed by atoms with Crippen molar-refractivity contribution in [3.8, 4) is 11.1 Å². The lowest BCUT2D eigenvalue weighted by molar-refractivity contribution is 0.0703. The number of carboxylic acid groups (broad SMARTS) is 1. The van der Waals surface area contributed by atoms with E-state index in [0.717, 1.165) is 11.1 Å². The molecule has 1 N–H and O–H groups in total. The minimum atomic E-state index is -0.870. The second-order valence-corrected chi connectivity index (χ2v) is 3.28. The first-order valence-electron chi connectivity index (χ1n) is 3.40. The number of carboxylic acids is 1. The van der Waals surface area contributed by atoms with Gasteiger partial charge in [0.2, 0.25) is 0 Å². The van der Waals surface area contributed by atoms with E-state index < -0.39 is 5.97 Å². The van der Waals surface area contributed by atoms with E-state index in [1.54, 1.807) is 17.5 Å². The molecule has 1 aliphatic heterocycles. The van der Waals surface area contributed by atoms with E-state index in [2.05, 4.69) is 6.07 Å². The third-order valence-corrected chi connectivity index (χ3v) is 2.54. The summed E-state index contributed by atoms with van der Waals surface area (Å²) in [6.45, 7) is 0. The maximum absolute atomic E-state index is 10.7. The summed E-state index contributed by atoms with van der Waals surface area (Å²) in [7, 11) is 0. The van der Waals surface area contributed by atoms with E-state index in [4.69, 9.17) is 5.11 Å². The lowest BCUT2D eigenvalue weighted by Crippen LogP contribution is -1.95. The smallest absolute Gasteiger partial charge is 0.346 e. The summed E-state index contributed by atoms with van der Waals surface area (Å²) in [4.78, 5) is 11.1. The van der Waals surface area contributed by atoms with Crippen LogP contribution < -0.4 is 0 Å². The Balaban J connectivity index is 2.71. The maximum atomic E-state index is 10.7. The van der Waals surface area contributed by atoms with Gasteiger partial charge in [-0.05, 0) is 23.1 Å². The first kappa shape index (κ1) is 7.31. The summed E-state index contributed by atoms with van der Waals surface area (Å²) in [6.07, 6.45) is 0. The summed E-state index contributed by atoms with van der Waals surface area (Å²) in [6, 6.07) is 8.34. The SMILES string of the molecule is O=C(O)c1sccc2[c]ccc1-2. The van der Waals surface area contributed by atoms with Crippen LogP contribution in [0.2, 0.25) is 0 Å². The monoisotopic (exact) mass is 177 g/mol. The molecule has 59 valence electrons. The number of hydrogen-bond acceptors (Lipinski definition) is 2. The zero-order valence-electron chi connectivity index (χ0n) is 6.07. The van der Waals surface area contributed by atoms with Crippen LogP contribution in [0.4, 0.5) is 0 Å². The van der Waals surface area contributed by atoms with E-state index in [-0.39, 0.29) is 0 Å². The summed E-state index contributed by atoms with van der Waals surface area (Å²) in [5.74, 6) is -0.870. The molecule has 0 saturated heterocycles. The topological polar surface area (TPSA) is 37.3 Å². The quantitative estimate of drug-likeness (QED) is 0.726. The minimum absolute atomic E-state index is 0.383. The summed E-state index contributed by atoms with van der Waals surface area (Å²) < 4.78 is 0. The van der Waals surface area contributed by atoms with Crippen LogP contribution in [0.3, 0.4) is 0 Å². The first-order valence-corrected chi connectivity index (χ1v) is 4.28. The molecular formula is C9H5O2S. The zero-order chi connectivity index (χ0) is 8.55. The number of hydrogen-bond donors (Lipinski definition) is 1. The number of fused-ring (bicyclic) bond motifs is 1. The van der Waals surface area contributed by atoms with E-state index in [0.29, 0.717) is 4.88 Å². The van der Waals surface area contributed by atoms with Crippen LogP contribution in [0.15, 0.2) is 23.6 Å². The highest BCUT2D eigenvalue weighted by Crippen LogP contribution is 2.28. The van der Waals surface area contributed by atoms with Gasteiger partial charge in [0.15, 0.2) is 0 Å². The zero-order valence-corrected chi connectivity index (χ0v) is 6.89. The fourth-order valence-electron chi connectivity index (χ4n) is 1.12. The number of aromatic carboxylic acids is 1. The molecule has 1 aliphatic carbocycles. The standard InChI is InChI=1S/C9H5O2S/c10-9(11)8-7-3-1-2-6(7)4-5-12-8/h1,3-5H,(H,10,11). The lowest BCUT2D eigenvalue weighted by atomic mass is 10.1. The Morgan fingerprint density at radius 1 is 1.50 bits per heavy atom. The predicted octanol–water partition coefficient (Wildman–Crippen LogP) is 2.35. The summed E-state index contributed by atoms with van der Waals surface area (Å²) in [5.41, 5.74) is 1.64. The van der Waals surface area contributed by atoms with Crippen molar-refractivity contribution in [3.05, 3.63) is 34.5 Å². The largest absolute Gasteiger partial charge is 0.477 e. The van der Waals surface area contributed by atoms with Crippen LogP contribution in [0.1, 0.15) is 9.67 Å². The molecule has 0 aromatic rings. The predicted molar refractivity (Wildman–Crippen MR) is 46.7 cm³/mol. The highest BCUT2D eigenvalue weighted by atomic mass is 32.1. The molecule has 2 nitrogen and oxygen atoms in total. The van der Waals surface area contributed by atoms with E-state index >= 15 is 0 Å². The maximum Gasteiger partial charge on any atom is 0.346 e. The van der Waals surface area contributed by atoms with Crippen LogP contribution in [0.25, 0.3) is 11.1 Å². The molecular weight excluding hydrogens is 172 g/mol. The van der Waals surface area contributed by atoms with Crippen molar-refractivity contribution in [2.24, 2.45) is 0 Å². The van der Waals surface area contributed by atoms with Crippen LogP contribution in [0, 0.1) is 6.07 Å². The second kappa shape index (κ2) is 2.60. The van der Waals surface area contributed by atoms with Crippen molar-refractivity contribution in [2.45, 2.75) is 0 Å². The molecule has 0 fully saturated rings. The Kier molecular flexibility index (Phi) is 1.59. The molecule has 2 rings (SSSR count).